The van der Waals surface area contributed by atoms with Gasteiger partial charge in [0.25, 0.3) is 0 Å². The SMILES string of the molecule is [CH]1[CH][CH][CH][CH]1.[CH]1[CH][CH][CH][CH]1.[CH]1[CH][CH][C](CN(C[C]2[CH][CH][CH][CH]2)Cc2ccc(OCCCN3CCCCC3)cc2)[CH]1.[Fe+2].[Fe+2]. The van der Waals surface area contributed by atoms with Crippen molar-refractivity contribution >= 4 is 0 Å². The van der Waals surface area contributed by atoms with Crippen molar-refractivity contribution in [2.45, 2.75) is 32.2 Å². The zero-order chi connectivity index (χ0) is 27.5. The van der Waals surface area contributed by atoms with Crippen LogP contribution < -0.4 is 4.74 Å². The van der Waals surface area contributed by atoms with Crippen molar-refractivity contribution in [2.24, 2.45) is 0 Å². The number of ether oxygens (including phenoxy) is 1. The van der Waals surface area contributed by atoms with Crippen LogP contribution >= 0.6 is 0 Å². The molecule has 1 aromatic carbocycles. The molecule has 5 fully saturated rings. The molecule has 5 aliphatic rings. The first-order valence-electron chi connectivity index (χ1n) is 14.8. The van der Waals surface area contributed by atoms with Gasteiger partial charge < -0.3 is 9.64 Å². The van der Waals surface area contributed by atoms with Gasteiger partial charge in [-0.3, -0.25) is 4.90 Å². The maximum absolute atomic E-state index is 5.99. The van der Waals surface area contributed by atoms with Crippen LogP contribution in [0.25, 0.3) is 0 Å². The van der Waals surface area contributed by atoms with Crippen LogP contribution in [0, 0.1) is 127 Å². The average Bonchev–Trinajstić information content (AvgIpc) is 3.83. The molecule has 20 radical (unpaired) electrons. The van der Waals surface area contributed by atoms with Gasteiger partial charge in [0, 0.05) is 26.2 Å². The van der Waals surface area contributed by atoms with Crippen LogP contribution in [0.3, 0.4) is 0 Å². The van der Waals surface area contributed by atoms with Gasteiger partial charge in [0.1, 0.15) is 5.75 Å². The summed E-state index contributed by atoms with van der Waals surface area (Å²) in [6.07, 6.45) is 42.5. The topological polar surface area (TPSA) is 15.7 Å². The number of likely N-dealkylation sites (tertiary alicyclic amines) is 1. The predicted octanol–water partition coefficient (Wildman–Crippen LogP) is 6.59. The van der Waals surface area contributed by atoms with Gasteiger partial charge in [-0.15, -0.1) is 0 Å². The van der Waals surface area contributed by atoms with Crippen LogP contribution in [0.2, 0.25) is 0 Å². The minimum atomic E-state index is 0. The summed E-state index contributed by atoms with van der Waals surface area (Å²) in [5.41, 5.74) is 1.33. The standard InChI is InChI=1S/C27H34N2O.2C5H5.2Fe/c1-6-17-28(18-7-1)19-8-20-30-27-15-13-26(14-16-27)23-29(21-24-9-2-3-10-24)22-25-11-4-5-12-25;2*1-2-4-5-3-1;;/h2-5,9-16H,1,6-8,17-23H2;2*1-5H;;/q;;;2*+2. The summed E-state index contributed by atoms with van der Waals surface area (Å²) in [6.45, 7) is 7.36. The van der Waals surface area contributed by atoms with Crippen LogP contribution in [-0.4, -0.2) is 49.1 Å². The quantitative estimate of drug-likeness (QED) is 0.200. The number of hydrogen-bond donors (Lipinski definition) is 0. The van der Waals surface area contributed by atoms with E-state index in [9.17, 15) is 0 Å². The molecule has 0 spiro atoms. The molecule has 220 valence electrons. The summed E-state index contributed by atoms with van der Waals surface area (Å²) in [6, 6.07) is 8.67. The maximum atomic E-state index is 5.99. The monoisotopic (exact) mass is 644 g/mol. The third kappa shape index (κ3) is 16.3. The first-order chi connectivity index (χ1) is 19.8. The van der Waals surface area contributed by atoms with E-state index in [1.807, 2.05) is 64.2 Å². The summed E-state index contributed by atoms with van der Waals surface area (Å²) in [5.74, 6) is 3.72. The summed E-state index contributed by atoms with van der Waals surface area (Å²) < 4.78 is 5.99. The Labute approximate surface area is 282 Å². The number of benzene rings is 1. The Hall–Kier alpha value is -0.0210. The fourth-order valence-corrected chi connectivity index (χ4v) is 4.97. The Morgan fingerprint density at radius 2 is 1.00 bits per heavy atom. The molecule has 42 heavy (non-hydrogen) atoms. The van der Waals surface area contributed by atoms with Crippen molar-refractivity contribution in [2.75, 3.05) is 39.3 Å². The van der Waals surface area contributed by atoms with Gasteiger partial charge in [0.2, 0.25) is 0 Å². The Balaban J connectivity index is 0.000000433. The molecule has 0 unspecified atom stereocenters. The molecular weight excluding hydrogens is 600 g/mol. The third-order valence-electron chi connectivity index (χ3n) is 7.05. The van der Waals surface area contributed by atoms with Gasteiger partial charge in [0.15, 0.2) is 0 Å². The molecule has 3 nitrogen and oxygen atoms in total. The fourth-order valence-electron chi connectivity index (χ4n) is 4.97. The first kappa shape index (κ1) is 38.2. The Morgan fingerprint density at radius 1 is 0.548 bits per heavy atom. The molecular formula is C37H44Fe2N2O+4. The normalized spacial score (nSPS) is 21.2. The van der Waals surface area contributed by atoms with Gasteiger partial charge in [-0.1, -0.05) is 18.6 Å². The second-order valence-electron chi connectivity index (χ2n) is 10.4. The second-order valence-corrected chi connectivity index (χ2v) is 10.4. The second kappa shape index (κ2) is 24.2. The molecule has 1 saturated heterocycles. The van der Waals surface area contributed by atoms with E-state index in [1.54, 1.807) is 0 Å². The zero-order valence-electron chi connectivity index (χ0n) is 24.5. The van der Waals surface area contributed by atoms with Crippen LogP contribution in [0.15, 0.2) is 24.3 Å². The molecule has 0 aromatic heterocycles. The molecule has 0 amide bonds. The van der Waals surface area contributed by atoms with Crippen LogP contribution in [0.5, 0.6) is 5.75 Å². The largest absolute Gasteiger partial charge is 2.00 e. The number of piperidine rings is 1. The molecule has 6 rings (SSSR count). The van der Waals surface area contributed by atoms with Crippen LogP contribution in [0.4, 0.5) is 0 Å². The number of rotatable bonds is 11. The smallest absolute Gasteiger partial charge is 0.494 e. The molecule has 4 aliphatic carbocycles. The van der Waals surface area contributed by atoms with Crippen LogP contribution in [-0.2, 0) is 40.7 Å². The number of nitrogens with zero attached hydrogens (tertiary/aromatic N) is 2. The minimum Gasteiger partial charge on any atom is -0.494 e. The first-order valence-corrected chi connectivity index (χ1v) is 14.8. The molecule has 1 aromatic rings. The zero-order valence-corrected chi connectivity index (χ0v) is 26.7. The van der Waals surface area contributed by atoms with Gasteiger partial charge in [-0.05, 0) is 177 Å². The van der Waals surface area contributed by atoms with Gasteiger partial charge in [0.05, 0.1) is 6.61 Å². The van der Waals surface area contributed by atoms with Crippen molar-refractivity contribution < 1.29 is 38.9 Å². The predicted molar refractivity (Wildman–Crippen MR) is 166 cm³/mol. The van der Waals surface area contributed by atoms with E-state index < -0.39 is 0 Å². The fraction of sp³-hybridized carbons (Fsp3) is 0.297. The summed E-state index contributed by atoms with van der Waals surface area (Å²) in [5, 5.41) is 0. The summed E-state index contributed by atoms with van der Waals surface area (Å²) >= 11 is 0. The molecule has 0 N–H and O–H groups in total. The minimum absolute atomic E-state index is 0. The molecule has 0 bridgehead atoms. The van der Waals surface area contributed by atoms with Crippen molar-refractivity contribution in [3.05, 3.63) is 157 Å². The Morgan fingerprint density at radius 3 is 1.45 bits per heavy atom. The maximum Gasteiger partial charge on any atom is 2.00 e. The molecule has 4 saturated carbocycles. The van der Waals surface area contributed by atoms with Crippen molar-refractivity contribution in [3.8, 4) is 5.75 Å². The summed E-state index contributed by atoms with van der Waals surface area (Å²) in [4.78, 5) is 5.07. The van der Waals surface area contributed by atoms with E-state index in [0.29, 0.717) is 0 Å². The van der Waals surface area contributed by atoms with E-state index in [0.717, 1.165) is 45.0 Å². The summed E-state index contributed by atoms with van der Waals surface area (Å²) in [7, 11) is 0. The molecule has 0 atom stereocenters. The molecule has 5 heteroatoms. The Kier molecular flexibility index (Phi) is 22.0. The van der Waals surface area contributed by atoms with E-state index >= 15 is 0 Å². The Bertz CT molecular complexity index is 691. The molecule has 1 heterocycles. The van der Waals surface area contributed by atoms with E-state index in [4.69, 9.17) is 4.74 Å². The van der Waals surface area contributed by atoms with E-state index in [-0.39, 0.29) is 34.1 Å². The van der Waals surface area contributed by atoms with E-state index in [2.05, 4.69) is 85.4 Å². The third-order valence-corrected chi connectivity index (χ3v) is 7.05. The van der Waals surface area contributed by atoms with Crippen molar-refractivity contribution in [1.29, 1.82) is 0 Å². The van der Waals surface area contributed by atoms with Crippen molar-refractivity contribution in [1.82, 2.24) is 9.80 Å². The number of hydrogen-bond acceptors (Lipinski definition) is 3. The van der Waals surface area contributed by atoms with Crippen LogP contribution in [0.1, 0.15) is 31.2 Å². The average molecular weight is 644 g/mol. The van der Waals surface area contributed by atoms with Crippen molar-refractivity contribution in [3.63, 3.8) is 0 Å². The van der Waals surface area contributed by atoms with Gasteiger partial charge in [-0.25, -0.2) is 0 Å². The van der Waals surface area contributed by atoms with Gasteiger partial charge in [-0.2, -0.15) is 0 Å². The van der Waals surface area contributed by atoms with Gasteiger partial charge >= 0.3 is 34.1 Å². The van der Waals surface area contributed by atoms with E-state index in [1.165, 1.54) is 49.8 Å². The molecule has 1 aliphatic heterocycles.